The van der Waals surface area contributed by atoms with E-state index in [1.54, 1.807) is 18.9 Å². The smallest absolute Gasteiger partial charge is 0.238 e. The summed E-state index contributed by atoms with van der Waals surface area (Å²) >= 11 is 1.67. The molecule has 1 aliphatic heterocycles. The Labute approximate surface area is 159 Å². The molecule has 1 amide bonds. The number of carbonyl (C=O) groups excluding carboxylic acids is 1. The standard InChI is InChI=1S/C20H25N3O2S/c1-25-18-8-6-17(7-9-18)23-12-10-22(11-13-23)15-20(24)21-16-4-3-5-19(14-16)26-2/h3-9,14H,10-13,15H2,1-2H3,(H,21,24). The highest BCUT2D eigenvalue weighted by Gasteiger charge is 2.19. The van der Waals surface area contributed by atoms with Crippen LogP contribution in [0.25, 0.3) is 0 Å². The molecule has 1 heterocycles. The SMILES string of the molecule is COc1ccc(N2CCN(CC(=O)Nc3cccc(SC)c3)CC2)cc1. The summed E-state index contributed by atoms with van der Waals surface area (Å²) in [6.45, 7) is 4.03. The fraction of sp³-hybridized carbons (Fsp3) is 0.350. The Morgan fingerprint density at radius 2 is 1.85 bits per heavy atom. The highest BCUT2D eigenvalue weighted by Crippen LogP contribution is 2.21. The molecular formula is C20H25N3O2S. The van der Waals surface area contributed by atoms with E-state index in [0.717, 1.165) is 42.5 Å². The molecule has 0 aliphatic carbocycles. The zero-order chi connectivity index (χ0) is 18.4. The first-order valence-corrected chi connectivity index (χ1v) is 9.95. The number of amides is 1. The van der Waals surface area contributed by atoms with E-state index in [1.807, 2.05) is 42.7 Å². The van der Waals surface area contributed by atoms with Gasteiger partial charge >= 0.3 is 0 Å². The number of ether oxygens (including phenoxy) is 1. The van der Waals surface area contributed by atoms with Crippen molar-refractivity contribution in [2.24, 2.45) is 0 Å². The summed E-state index contributed by atoms with van der Waals surface area (Å²) in [5, 5.41) is 3.00. The van der Waals surface area contributed by atoms with Gasteiger partial charge in [-0.15, -0.1) is 11.8 Å². The topological polar surface area (TPSA) is 44.8 Å². The highest BCUT2D eigenvalue weighted by molar-refractivity contribution is 7.98. The Bertz CT molecular complexity index is 728. The number of thioether (sulfide) groups is 1. The third kappa shape index (κ3) is 4.93. The number of nitrogens with zero attached hydrogens (tertiary/aromatic N) is 2. The molecule has 0 radical (unpaired) electrons. The molecule has 2 aromatic carbocycles. The second-order valence-corrected chi connectivity index (χ2v) is 7.12. The van der Waals surface area contributed by atoms with Crippen molar-refractivity contribution in [3.63, 3.8) is 0 Å². The minimum atomic E-state index is 0.0427. The first-order valence-electron chi connectivity index (χ1n) is 8.73. The van der Waals surface area contributed by atoms with Crippen LogP contribution in [0.2, 0.25) is 0 Å². The van der Waals surface area contributed by atoms with Gasteiger partial charge in [-0.3, -0.25) is 9.69 Å². The van der Waals surface area contributed by atoms with Gasteiger partial charge in [-0.1, -0.05) is 6.07 Å². The summed E-state index contributed by atoms with van der Waals surface area (Å²) in [7, 11) is 1.68. The van der Waals surface area contributed by atoms with E-state index in [4.69, 9.17) is 4.74 Å². The zero-order valence-electron chi connectivity index (χ0n) is 15.3. The monoisotopic (exact) mass is 371 g/mol. The molecule has 0 spiro atoms. The van der Waals surface area contributed by atoms with Gasteiger partial charge in [0.1, 0.15) is 5.75 Å². The van der Waals surface area contributed by atoms with Crippen LogP contribution in [0.15, 0.2) is 53.4 Å². The van der Waals surface area contributed by atoms with E-state index < -0.39 is 0 Å². The summed E-state index contributed by atoms with van der Waals surface area (Å²) in [4.78, 5) is 18.0. The number of hydrogen-bond donors (Lipinski definition) is 1. The number of anilines is 2. The number of methoxy groups -OCH3 is 1. The number of hydrogen-bond acceptors (Lipinski definition) is 5. The molecule has 2 aromatic rings. The average Bonchev–Trinajstić information content (AvgIpc) is 2.69. The number of carbonyl (C=O) groups is 1. The fourth-order valence-electron chi connectivity index (χ4n) is 3.06. The van der Waals surface area contributed by atoms with Crippen LogP contribution >= 0.6 is 11.8 Å². The molecule has 0 saturated carbocycles. The van der Waals surface area contributed by atoms with Gasteiger partial charge in [0, 0.05) is 42.4 Å². The van der Waals surface area contributed by atoms with Crippen LogP contribution in [0.3, 0.4) is 0 Å². The third-order valence-electron chi connectivity index (χ3n) is 4.53. The number of rotatable bonds is 6. The molecule has 0 bridgehead atoms. The Hall–Kier alpha value is -2.18. The lowest BCUT2D eigenvalue weighted by Gasteiger charge is -2.35. The molecular weight excluding hydrogens is 346 g/mol. The van der Waals surface area contributed by atoms with Crippen molar-refractivity contribution < 1.29 is 9.53 Å². The summed E-state index contributed by atoms with van der Waals surface area (Å²) < 4.78 is 5.21. The predicted molar refractivity (Wildman–Crippen MR) is 108 cm³/mol. The van der Waals surface area contributed by atoms with E-state index in [0.29, 0.717) is 6.54 Å². The largest absolute Gasteiger partial charge is 0.497 e. The fourth-order valence-corrected chi connectivity index (χ4v) is 3.52. The van der Waals surface area contributed by atoms with Gasteiger partial charge in [-0.05, 0) is 48.7 Å². The van der Waals surface area contributed by atoms with Gasteiger partial charge in [0.2, 0.25) is 5.91 Å². The van der Waals surface area contributed by atoms with E-state index in [-0.39, 0.29) is 5.91 Å². The van der Waals surface area contributed by atoms with Crippen LogP contribution in [0, 0.1) is 0 Å². The number of benzene rings is 2. The van der Waals surface area contributed by atoms with Crippen molar-refractivity contribution in [3.05, 3.63) is 48.5 Å². The maximum Gasteiger partial charge on any atom is 0.238 e. The normalized spacial score (nSPS) is 14.9. The Kier molecular flexibility index (Phi) is 6.41. The molecule has 1 saturated heterocycles. The van der Waals surface area contributed by atoms with Crippen LogP contribution in [-0.2, 0) is 4.79 Å². The van der Waals surface area contributed by atoms with Gasteiger partial charge in [-0.25, -0.2) is 0 Å². The van der Waals surface area contributed by atoms with Gasteiger partial charge < -0.3 is 15.0 Å². The van der Waals surface area contributed by atoms with Crippen molar-refractivity contribution in [2.75, 3.05) is 56.3 Å². The Morgan fingerprint density at radius 1 is 1.12 bits per heavy atom. The van der Waals surface area contributed by atoms with Crippen LogP contribution < -0.4 is 15.0 Å². The predicted octanol–water partition coefficient (Wildman–Crippen LogP) is 3.18. The molecule has 1 N–H and O–H groups in total. The van der Waals surface area contributed by atoms with Crippen molar-refractivity contribution >= 4 is 29.0 Å². The molecule has 1 aliphatic rings. The second-order valence-electron chi connectivity index (χ2n) is 6.24. The number of nitrogens with one attached hydrogen (secondary N) is 1. The van der Waals surface area contributed by atoms with Crippen molar-refractivity contribution in [1.82, 2.24) is 4.90 Å². The van der Waals surface area contributed by atoms with E-state index in [9.17, 15) is 4.79 Å². The van der Waals surface area contributed by atoms with Crippen LogP contribution in [0.5, 0.6) is 5.75 Å². The maximum absolute atomic E-state index is 12.3. The first kappa shape index (κ1) is 18.6. The third-order valence-corrected chi connectivity index (χ3v) is 5.26. The molecule has 0 aromatic heterocycles. The summed E-state index contributed by atoms with van der Waals surface area (Å²) in [6, 6.07) is 16.1. The van der Waals surface area contributed by atoms with Crippen LogP contribution in [0.1, 0.15) is 0 Å². The molecule has 3 rings (SSSR count). The molecule has 0 unspecified atom stereocenters. The van der Waals surface area contributed by atoms with Crippen molar-refractivity contribution in [2.45, 2.75) is 4.90 Å². The van der Waals surface area contributed by atoms with Gasteiger partial charge in [-0.2, -0.15) is 0 Å². The first-order chi connectivity index (χ1) is 12.7. The van der Waals surface area contributed by atoms with Gasteiger partial charge in [0.25, 0.3) is 0 Å². The molecule has 1 fully saturated rings. The van der Waals surface area contributed by atoms with Gasteiger partial charge in [0.15, 0.2) is 0 Å². The average molecular weight is 372 g/mol. The summed E-state index contributed by atoms with van der Waals surface area (Å²) in [5.41, 5.74) is 2.06. The van der Waals surface area contributed by atoms with Crippen LogP contribution in [-0.4, -0.2) is 56.9 Å². The van der Waals surface area contributed by atoms with Crippen molar-refractivity contribution in [1.29, 1.82) is 0 Å². The molecule has 5 nitrogen and oxygen atoms in total. The lowest BCUT2D eigenvalue weighted by Crippen LogP contribution is -2.48. The highest BCUT2D eigenvalue weighted by atomic mass is 32.2. The molecule has 138 valence electrons. The summed E-state index contributed by atoms with van der Waals surface area (Å²) in [5.74, 6) is 0.913. The Balaban J connectivity index is 1.47. The Morgan fingerprint density at radius 3 is 2.50 bits per heavy atom. The second kappa shape index (κ2) is 8.96. The van der Waals surface area contributed by atoms with E-state index in [1.165, 1.54) is 5.69 Å². The molecule has 26 heavy (non-hydrogen) atoms. The quantitative estimate of drug-likeness (QED) is 0.790. The minimum Gasteiger partial charge on any atom is -0.497 e. The van der Waals surface area contributed by atoms with Crippen molar-refractivity contribution in [3.8, 4) is 5.75 Å². The van der Waals surface area contributed by atoms with Gasteiger partial charge in [0.05, 0.1) is 13.7 Å². The maximum atomic E-state index is 12.3. The molecule has 6 heteroatoms. The molecule has 0 atom stereocenters. The lowest BCUT2D eigenvalue weighted by molar-refractivity contribution is -0.117. The minimum absolute atomic E-state index is 0.0427. The van der Waals surface area contributed by atoms with Crippen LogP contribution in [0.4, 0.5) is 11.4 Å². The number of piperazine rings is 1. The lowest BCUT2D eigenvalue weighted by atomic mass is 10.2. The summed E-state index contributed by atoms with van der Waals surface area (Å²) in [6.07, 6.45) is 2.03. The van der Waals surface area contributed by atoms with E-state index >= 15 is 0 Å². The zero-order valence-corrected chi connectivity index (χ0v) is 16.1. The van der Waals surface area contributed by atoms with E-state index in [2.05, 4.69) is 27.2 Å².